The Balaban J connectivity index is 2.38. The Morgan fingerprint density at radius 2 is 1.94 bits per heavy atom. The van der Waals surface area contributed by atoms with Gasteiger partial charge in [0.2, 0.25) is 5.91 Å². The van der Waals surface area contributed by atoms with Crippen LogP contribution in [0.3, 0.4) is 0 Å². The highest BCUT2D eigenvalue weighted by atomic mass is 16.2. The molecule has 0 unspecified atom stereocenters. The molecule has 18 heavy (non-hydrogen) atoms. The van der Waals surface area contributed by atoms with Crippen LogP contribution in [0.2, 0.25) is 0 Å². The summed E-state index contributed by atoms with van der Waals surface area (Å²) < 4.78 is 0. The summed E-state index contributed by atoms with van der Waals surface area (Å²) in [5.74, 6) is -0.461. The second-order valence-electron chi connectivity index (χ2n) is 4.31. The lowest BCUT2D eigenvalue weighted by Gasteiger charge is -2.06. The van der Waals surface area contributed by atoms with Gasteiger partial charge in [-0.1, -0.05) is 0 Å². The minimum Gasteiger partial charge on any atom is -0.399 e. The maximum Gasteiger partial charge on any atom is 0.251 e. The topological polar surface area (TPSA) is 98.2 Å². The molecule has 0 atom stereocenters. The zero-order valence-corrected chi connectivity index (χ0v) is 10.5. The number of carbonyl (C=O) groups is 2. The van der Waals surface area contributed by atoms with E-state index in [0.717, 1.165) is 12.0 Å². The van der Waals surface area contributed by atoms with E-state index in [9.17, 15) is 9.59 Å². The lowest BCUT2D eigenvalue weighted by molar-refractivity contribution is -0.118. The quantitative estimate of drug-likeness (QED) is 0.517. The molecule has 0 aliphatic heterocycles. The number of nitrogens with two attached hydrogens (primary N) is 2. The molecular weight excluding hydrogens is 230 g/mol. The predicted octanol–water partition coefficient (Wildman–Crippen LogP) is 0.963. The van der Waals surface area contributed by atoms with Gasteiger partial charge in [-0.3, -0.25) is 9.59 Å². The summed E-state index contributed by atoms with van der Waals surface area (Å²) in [6.07, 6.45) is 1.77. The van der Waals surface area contributed by atoms with E-state index in [1.54, 1.807) is 12.1 Å². The molecule has 2 amide bonds. The van der Waals surface area contributed by atoms with Crippen LogP contribution in [0.25, 0.3) is 0 Å². The van der Waals surface area contributed by atoms with Crippen LogP contribution in [0.5, 0.6) is 0 Å². The van der Waals surface area contributed by atoms with E-state index in [4.69, 9.17) is 11.5 Å². The molecule has 0 aliphatic carbocycles. The molecule has 0 spiro atoms. The summed E-state index contributed by atoms with van der Waals surface area (Å²) in [7, 11) is 0. The van der Waals surface area contributed by atoms with E-state index in [1.807, 2.05) is 13.0 Å². The van der Waals surface area contributed by atoms with Crippen LogP contribution in [0.4, 0.5) is 5.69 Å². The second kappa shape index (κ2) is 6.64. The van der Waals surface area contributed by atoms with E-state index in [-0.39, 0.29) is 11.8 Å². The molecule has 1 aromatic carbocycles. The Labute approximate surface area is 107 Å². The first kappa shape index (κ1) is 14.0. The summed E-state index contributed by atoms with van der Waals surface area (Å²) in [6, 6.07) is 5.24. The van der Waals surface area contributed by atoms with Crippen molar-refractivity contribution in [2.75, 3.05) is 12.3 Å². The number of primary amides is 1. The van der Waals surface area contributed by atoms with Crippen molar-refractivity contribution in [3.8, 4) is 0 Å². The van der Waals surface area contributed by atoms with Crippen LogP contribution in [0.1, 0.15) is 35.2 Å². The number of aryl methyl sites for hydroxylation is 1. The van der Waals surface area contributed by atoms with Gasteiger partial charge < -0.3 is 16.8 Å². The molecule has 5 heteroatoms. The van der Waals surface area contributed by atoms with Gasteiger partial charge in [-0.2, -0.15) is 0 Å². The Bertz CT molecular complexity index is 424. The Morgan fingerprint density at radius 1 is 1.22 bits per heavy atom. The van der Waals surface area contributed by atoms with Crippen LogP contribution in [0.15, 0.2) is 18.2 Å². The summed E-state index contributed by atoms with van der Waals surface area (Å²) >= 11 is 0. The minimum atomic E-state index is -0.312. The maximum absolute atomic E-state index is 11.8. The number of unbranched alkanes of at least 4 members (excludes halogenated alkanes) is 1. The fourth-order valence-electron chi connectivity index (χ4n) is 1.67. The first-order valence-electron chi connectivity index (χ1n) is 5.92. The van der Waals surface area contributed by atoms with Gasteiger partial charge in [0.1, 0.15) is 0 Å². The minimum absolute atomic E-state index is 0.149. The number of nitrogen functional groups attached to an aromatic ring is 1. The van der Waals surface area contributed by atoms with Crippen molar-refractivity contribution >= 4 is 17.5 Å². The number of anilines is 1. The maximum atomic E-state index is 11.8. The largest absolute Gasteiger partial charge is 0.399 e. The monoisotopic (exact) mass is 249 g/mol. The van der Waals surface area contributed by atoms with E-state index >= 15 is 0 Å². The summed E-state index contributed by atoms with van der Waals surface area (Å²) in [5.41, 5.74) is 12.8. The third-order valence-corrected chi connectivity index (χ3v) is 2.50. The van der Waals surface area contributed by atoms with Crippen molar-refractivity contribution in [2.45, 2.75) is 26.2 Å². The van der Waals surface area contributed by atoms with Crippen LogP contribution in [-0.2, 0) is 4.79 Å². The second-order valence-corrected chi connectivity index (χ2v) is 4.31. The first-order valence-corrected chi connectivity index (χ1v) is 5.92. The average molecular weight is 249 g/mol. The van der Waals surface area contributed by atoms with Gasteiger partial charge in [0.05, 0.1) is 0 Å². The molecule has 0 aliphatic rings. The highest BCUT2D eigenvalue weighted by molar-refractivity contribution is 5.95. The van der Waals surface area contributed by atoms with E-state index in [1.165, 1.54) is 0 Å². The fourth-order valence-corrected chi connectivity index (χ4v) is 1.67. The van der Waals surface area contributed by atoms with Gasteiger partial charge in [0, 0.05) is 24.2 Å². The summed E-state index contributed by atoms with van der Waals surface area (Å²) in [4.78, 5) is 22.3. The van der Waals surface area contributed by atoms with Crippen molar-refractivity contribution in [2.24, 2.45) is 5.73 Å². The molecule has 0 radical (unpaired) electrons. The van der Waals surface area contributed by atoms with Crippen LogP contribution < -0.4 is 16.8 Å². The predicted molar refractivity (Wildman–Crippen MR) is 71.0 cm³/mol. The van der Waals surface area contributed by atoms with Gasteiger partial charge >= 0.3 is 0 Å². The molecule has 1 aromatic rings. The van der Waals surface area contributed by atoms with E-state index in [0.29, 0.717) is 30.6 Å². The lowest BCUT2D eigenvalue weighted by Crippen LogP contribution is -2.25. The number of nitrogens with one attached hydrogen (secondary N) is 1. The lowest BCUT2D eigenvalue weighted by atomic mass is 10.1. The molecule has 5 nitrogen and oxygen atoms in total. The molecule has 0 saturated heterocycles. The standard InChI is InChI=1S/C13H19N3O2/c1-9-6-10(8-11(14)7-9)13(18)16-5-3-2-4-12(15)17/h6-8H,2-5,14H2,1H3,(H2,15,17)(H,16,18). The third kappa shape index (κ3) is 4.86. The Kier molecular flexibility index (Phi) is 5.17. The summed E-state index contributed by atoms with van der Waals surface area (Å²) in [6.45, 7) is 2.42. The molecule has 0 heterocycles. The number of benzene rings is 1. The molecule has 0 bridgehead atoms. The van der Waals surface area contributed by atoms with Crippen molar-refractivity contribution in [1.29, 1.82) is 0 Å². The average Bonchev–Trinajstić information content (AvgIpc) is 2.26. The van der Waals surface area contributed by atoms with Gasteiger partial charge in [0.15, 0.2) is 0 Å². The van der Waals surface area contributed by atoms with Crippen LogP contribution in [0, 0.1) is 6.92 Å². The molecule has 0 aromatic heterocycles. The highest BCUT2D eigenvalue weighted by Gasteiger charge is 2.06. The van der Waals surface area contributed by atoms with Crippen molar-refractivity contribution in [3.05, 3.63) is 29.3 Å². The number of hydrogen-bond acceptors (Lipinski definition) is 3. The van der Waals surface area contributed by atoms with Gasteiger partial charge in [-0.05, 0) is 43.5 Å². The molecule has 5 N–H and O–H groups in total. The fraction of sp³-hybridized carbons (Fsp3) is 0.385. The number of amides is 2. The molecular formula is C13H19N3O2. The SMILES string of the molecule is Cc1cc(N)cc(C(=O)NCCCCC(N)=O)c1. The van der Waals surface area contributed by atoms with Gasteiger partial charge in [0.25, 0.3) is 5.91 Å². The molecule has 1 rings (SSSR count). The Morgan fingerprint density at radius 3 is 2.56 bits per heavy atom. The normalized spacial score (nSPS) is 10.1. The van der Waals surface area contributed by atoms with Crippen LogP contribution >= 0.6 is 0 Å². The molecule has 0 saturated carbocycles. The highest BCUT2D eigenvalue weighted by Crippen LogP contribution is 2.11. The van der Waals surface area contributed by atoms with Crippen molar-refractivity contribution in [1.82, 2.24) is 5.32 Å². The van der Waals surface area contributed by atoms with Crippen molar-refractivity contribution < 1.29 is 9.59 Å². The molecule has 0 fully saturated rings. The zero-order valence-electron chi connectivity index (χ0n) is 10.5. The smallest absolute Gasteiger partial charge is 0.251 e. The van der Waals surface area contributed by atoms with E-state index < -0.39 is 0 Å². The first-order chi connectivity index (χ1) is 8.49. The van der Waals surface area contributed by atoms with Crippen molar-refractivity contribution in [3.63, 3.8) is 0 Å². The summed E-state index contributed by atoms with van der Waals surface area (Å²) in [5, 5.41) is 2.78. The van der Waals surface area contributed by atoms with E-state index in [2.05, 4.69) is 5.32 Å². The number of rotatable bonds is 6. The van der Waals surface area contributed by atoms with Gasteiger partial charge in [-0.25, -0.2) is 0 Å². The number of carbonyl (C=O) groups excluding carboxylic acids is 2. The van der Waals surface area contributed by atoms with Gasteiger partial charge in [-0.15, -0.1) is 0 Å². The zero-order chi connectivity index (χ0) is 13.5. The third-order valence-electron chi connectivity index (χ3n) is 2.50. The van der Waals surface area contributed by atoms with Crippen LogP contribution in [-0.4, -0.2) is 18.4 Å². The Hall–Kier alpha value is -2.04. The number of hydrogen-bond donors (Lipinski definition) is 3. The molecule has 98 valence electrons.